The van der Waals surface area contributed by atoms with Crippen LogP contribution in [0.5, 0.6) is 23.0 Å². The molecule has 2 aromatic carbocycles. The SMILES string of the molecule is COc1cc(C(=O)c2c(/C=C/C(N)=O)oc3c(N)c(OC)ccc23)cc(OC)c1OC. The number of benzene rings is 2. The normalized spacial score (nSPS) is 11.0. The number of ether oxygens (including phenoxy) is 4. The number of hydrogen-bond acceptors (Lipinski definition) is 8. The van der Waals surface area contributed by atoms with E-state index in [1.54, 1.807) is 12.1 Å². The highest BCUT2D eigenvalue weighted by atomic mass is 16.5. The fraction of sp³-hybridized carbons (Fsp3) is 0.182. The summed E-state index contributed by atoms with van der Waals surface area (Å²) in [6, 6.07) is 6.33. The molecule has 0 unspecified atom stereocenters. The van der Waals surface area contributed by atoms with Gasteiger partial charge >= 0.3 is 0 Å². The van der Waals surface area contributed by atoms with Crippen LogP contribution in [0.25, 0.3) is 17.0 Å². The molecule has 0 bridgehead atoms. The molecule has 0 aliphatic rings. The summed E-state index contributed by atoms with van der Waals surface area (Å²) >= 11 is 0. The number of fused-ring (bicyclic) bond motifs is 1. The van der Waals surface area contributed by atoms with Gasteiger partial charge in [0, 0.05) is 17.0 Å². The predicted octanol–water partition coefficient (Wildman–Crippen LogP) is 2.78. The van der Waals surface area contributed by atoms with Crippen molar-refractivity contribution in [3.8, 4) is 23.0 Å². The molecule has 3 rings (SSSR count). The van der Waals surface area contributed by atoms with Crippen LogP contribution in [0.3, 0.4) is 0 Å². The molecule has 0 fully saturated rings. The Labute approximate surface area is 178 Å². The molecule has 3 aromatic rings. The molecule has 1 amide bonds. The van der Waals surface area contributed by atoms with Crippen LogP contribution in [0.2, 0.25) is 0 Å². The zero-order chi connectivity index (χ0) is 22.7. The molecule has 0 atom stereocenters. The lowest BCUT2D eigenvalue weighted by atomic mass is 9.98. The Morgan fingerprint density at radius 2 is 1.55 bits per heavy atom. The largest absolute Gasteiger partial charge is 0.494 e. The van der Waals surface area contributed by atoms with Crippen LogP contribution in [0.4, 0.5) is 5.69 Å². The second kappa shape index (κ2) is 8.70. The molecule has 0 saturated carbocycles. The summed E-state index contributed by atoms with van der Waals surface area (Å²) in [6.45, 7) is 0. The van der Waals surface area contributed by atoms with E-state index < -0.39 is 11.7 Å². The number of furan rings is 1. The van der Waals surface area contributed by atoms with Gasteiger partial charge in [-0.3, -0.25) is 9.59 Å². The van der Waals surface area contributed by atoms with Crippen molar-refractivity contribution in [1.29, 1.82) is 0 Å². The van der Waals surface area contributed by atoms with Crippen LogP contribution in [-0.4, -0.2) is 40.1 Å². The van der Waals surface area contributed by atoms with Crippen molar-refractivity contribution in [2.45, 2.75) is 0 Å². The average molecular weight is 426 g/mol. The molecule has 4 N–H and O–H groups in total. The van der Waals surface area contributed by atoms with Gasteiger partial charge in [0.05, 0.1) is 34.0 Å². The summed E-state index contributed by atoms with van der Waals surface area (Å²) in [4.78, 5) is 24.8. The second-order valence-electron chi connectivity index (χ2n) is 6.38. The third-order valence-corrected chi connectivity index (χ3v) is 4.66. The van der Waals surface area contributed by atoms with Crippen molar-refractivity contribution in [1.82, 2.24) is 0 Å². The van der Waals surface area contributed by atoms with Gasteiger partial charge in [-0.15, -0.1) is 0 Å². The third-order valence-electron chi connectivity index (χ3n) is 4.66. The van der Waals surface area contributed by atoms with Gasteiger partial charge in [-0.05, 0) is 30.3 Å². The van der Waals surface area contributed by atoms with Gasteiger partial charge in [-0.2, -0.15) is 0 Å². The Morgan fingerprint density at radius 1 is 0.935 bits per heavy atom. The number of carbonyl (C=O) groups excluding carboxylic acids is 2. The number of ketones is 1. The summed E-state index contributed by atoms with van der Waals surface area (Å²) in [5.74, 6) is 0.373. The summed E-state index contributed by atoms with van der Waals surface area (Å²) in [5, 5.41) is 0.446. The van der Waals surface area contributed by atoms with E-state index in [4.69, 9.17) is 34.8 Å². The number of primary amides is 1. The van der Waals surface area contributed by atoms with Crippen molar-refractivity contribution >= 4 is 34.4 Å². The number of rotatable bonds is 8. The first-order chi connectivity index (χ1) is 14.9. The number of nitrogen functional groups attached to an aromatic ring is 1. The van der Waals surface area contributed by atoms with Crippen molar-refractivity contribution in [2.24, 2.45) is 5.73 Å². The lowest BCUT2D eigenvalue weighted by Gasteiger charge is -2.13. The lowest BCUT2D eigenvalue weighted by Crippen LogP contribution is -2.07. The predicted molar refractivity (Wildman–Crippen MR) is 115 cm³/mol. The third kappa shape index (κ3) is 3.85. The highest BCUT2D eigenvalue weighted by Gasteiger charge is 2.25. The van der Waals surface area contributed by atoms with Crippen molar-refractivity contribution in [2.75, 3.05) is 34.2 Å². The van der Waals surface area contributed by atoms with Crippen LogP contribution in [-0.2, 0) is 4.79 Å². The molecule has 0 aliphatic carbocycles. The molecule has 0 spiro atoms. The minimum absolute atomic E-state index is 0.118. The minimum atomic E-state index is -0.697. The van der Waals surface area contributed by atoms with Gasteiger partial charge in [-0.25, -0.2) is 0 Å². The number of nitrogens with two attached hydrogens (primary N) is 2. The number of methoxy groups -OCH3 is 4. The molecule has 9 nitrogen and oxygen atoms in total. The van der Waals surface area contributed by atoms with E-state index in [-0.39, 0.29) is 28.2 Å². The van der Waals surface area contributed by atoms with Crippen LogP contribution < -0.4 is 30.4 Å². The van der Waals surface area contributed by atoms with Crippen LogP contribution in [0, 0.1) is 0 Å². The van der Waals surface area contributed by atoms with E-state index in [0.717, 1.165) is 6.08 Å². The fourth-order valence-corrected chi connectivity index (χ4v) is 3.23. The number of amides is 1. The van der Waals surface area contributed by atoms with Crippen molar-refractivity contribution in [3.63, 3.8) is 0 Å². The van der Waals surface area contributed by atoms with Crippen LogP contribution in [0.1, 0.15) is 21.7 Å². The Morgan fingerprint density at radius 3 is 2.06 bits per heavy atom. The standard InChI is InChI=1S/C22H22N2O7/c1-27-14-6-5-12-18(13(7-8-17(23)25)31-21(12)19(14)24)20(26)11-9-15(28-2)22(30-4)16(10-11)29-3/h5-10H,24H2,1-4H3,(H2,23,25)/b8-7+. The fourth-order valence-electron chi connectivity index (χ4n) is 3.23. The molecule has 162 valence electrons. The molecule has 0 aliphatic heterocycles. The highest BCUT2D eigenvalue weighted by molar-refractivity contribution is 6.19. The van der Waals surface area contributed by atoms with E-state index in [0.29, 0.717) is 28.4 Å². The smallest absolute Gasteiger partial charge is 0.241 e. The molecule has 0 saturated heterocycles. The monoisotopic (exact) mass is 426 g/mol. The zero-order valence-corrected chi connectivity index (χ0v) is 17.5. The summed E-state index contributed by atoms with van der Waals surface area (Å²) < 4.78 is 27.0. The maximum absolute atomic E-state index is 13.6. The Kier molecular flexibility index (Phi) is 6.05. The van der Waals surface area contributed by atoms with Crippen molar-refractivity contribution in [3.05, 3.63) is 47.2 Å². The molecular formula is C22H22N2O7. The van der Waals surface area contributed by atoms with Gasteiger partial charge < -0.3 is 34.8 Å². The van der Waals surface area contributed by atoms with E-state index >= 15 is 0 Å². The van der Waals surface area contributed by atoms with Crippen LogP contribution in [0.15, 0.2) is 34.8 Å². The van der Waals surface area contributed by atoms with Crippen molar-refractivity contribution < 1.29 is 33.0 Å². The van der Waals surface area contributed by atoms with Gasteiger partial charge in [0.2, 0.25) is 11.7 Å². The second-order valence-corrected chi connectivity index (χ2v) is 6.38. The summed E-state index contributed by atoms with van der Waals surface area (Å²) in [6.07, 6.45) is 2.41. The maximum atomic E-state index is 13.6. The Hall–Kier alpha value is -4.14. The van der Waals surface area contributed by atoms with E-state index in [9.17, 15) is 9.59 Å². The maximum Gasteiger partial charge on any atom is 0.241 e. The van der Waals surface area contributed by atoms with E-state index in [1.165, 1.54) is 46.6 Å². The molecule has 31 heavy (non-hydrogen) atoms. The minimum Gasteiger partial charge on any atom is -0.494 e. The summed E-state index contributed by atoms with van der Waals surface area (Å²) in [7, 11) is 5.84. The average Bonchev–Trinajstić information content (AvgIpc) is 3.15. The molecule has 1 heterocycles. The molecule has 1 aromatic heterocycles. The van der Waals surface area contributed by atoms with Gasteiger partial charge in [0.1, 0.15) is 17.2 Å². The lowest BCUT2D eigenvalue weighted by molar-refractivity contribution is -0.113. The zero-order valence-electron chi connectivity index (χ0n) is 17.5. The quantitative estimate of drug-likeness (QED) is 0.319. The first-order valence-corrected chi connectivity index (χ1v) is 9.07. The first-order valence-electron chi connectivity index (χ1n) is 9.07. The first kappa shape index (κ1) is 21.6. The van der Waals surface area contributed by atoms with Gasteiger partial charge in [0.15, 0.2) is 22.9 Å². The number of hydrogen-bond donors (Lipinski definition) is 2. The Balaban J connectivity index is 2.28. The van der Waals surface area contributed by atoms with E-state index in [1.807, 2.05) is 0 Å². The molecule has 9 heteroatoms. The Bertz CT molecular complexity index is 1170. The number of anilines is 1. The van der Waals surface area contributed by atoms with Crippen LogP contribution >= 0.6 is 0 Å². The summed E-state index contributed by atoms with van der Waals surface area (Å²) in [5.41, 5.74) is 12.3. The van der Waals surface area contributed by atoms with E-state index in [2.05, 4.69) is 0 Å². The van der Waals surface area contributed by atoms with Gasteiger partial charge in [-0.1, -0.05) is 0 Å². The number of carbonyl (C=O) groups is 2. The topological polar surface area (TPSA) is 136 Å². The molecular weight excluding hydrogens is 404 g/mol. The molecule has 0 radical (unpaired) electrons. The van der Waals surface area contributed by atoms with Gasteiger partial charge in [0.25, 0.3) is 0 Å². The highest BCUT2D eigenvalue weighted by Crippen LogP contribution is 2.41.